The van der Waals surface area contributed by atoms with Crippen LogP contribution in [0.2, 0.25) is 0 Å². The number of nitrogens with one attached hydrogen (secondary N) is 1. The van der Waals surface area contributed by atoms with Crippen LogP contribution in [0.5, 0.6) is 0 Å². The second-order valence-electron chi connectivity index (χ2n) is 5.70. The Morgan fingerprint density at radius 1 is 1.12 bits per heavy atom. The first-order valence-electron chi connectivity index (χ1n) is 7.52. The third kappa shape index (κ3) is 5.87. The van der Waals surface area contributed by atoms with Gasteiger partial charge < -0.3 is 14.8 Å². The minimum Gasteiger partial charge on any atom is -0.465 e. The highest BCUT2D eigenvalue weighted by Gasteiger charge is 2.23. The average molecular weight is 352 g/mol. The predicted octanol–water partition coefficient (Wildman–Crippen LogP) is 1.70. The van der Waals surface area contributed by atoms with Crippen molar-refractivity contribution in [2.45, 2.75) is 26.9 Å². The summed E-state index contributed by atoms with van der Waals surface area (Å²) in [6, 6.07) is 3.06. The monoisotopic (exact) mass is 352 g/mol. The fourth-order valence-corrected chi connectivity index (χ4v) is 1.80. The third-order valence-corrected chi connectivity index (χ3v) is 3.12. The van der Waals surface area contributed by atoms with Crippen LogP contribution >= 0.6 is 0 Å². The van der Waals surface area contributed by atoms with E-state index in [1.807, 2.05) is 13.8 Å². The Bertz CT molecular complexity index is 685. The molecule has 9 heteroatoms. The molecular formula is C16H20N2O7. The molecule has 0 bridgehead atoms. The Hall–Kier alpha value is -2.97. The van der Waals surface area contributed by atoms with Gasteiger partial charge in [-0.1, -0.05) is 13.8 Å². The molecule has 1 amide bonds. The number of carbonyl (C=O) groups excluding carboxylic acids is 3. The van der Waals surface area contributed by atoms with Crippen molar-refractivity contribution in [1.29, 1.82) is 0 Å². The van der Waals surface area contributed by atoms with Gasteiger partial charge >= 0.3 is 11.9 Å². The van der Waals surface area contributed by atoms with Gasteiger partial charge in [0.2, 0.25) is 0 Å². The van der Waals surface area contributed by atoms with E-state index >= 15 is 0 Å². The highest BCUT2D eigenvalue weighted by molar-refractivity contribution is 5.97. The molecule has 1 unspecified atom stereocenters. The van der Waals surface area contributed by atoms with Gasteiger partial charge in [0.1, 0.15) is 0 Å². The molecule has 0 saturated carbocycles. The number of nitro benzene ring substituents is 1. The Kier molecular flexibility index (Phi) is 7.04. The molecule has 136 valence electrons. The molecular weight excluding hydrogens is 332 g/mol. The van der Waals surface area contributed by atoms with E-state index in [9.17, 15) is 24.5 Å². The van der Waals surface area contributed by atoms with Gasteiger partial charge in [0.05, 0.1) is 23.2 Å². The number of non-ortho nitro benzene ring substituents is 1. The summed E-state index contributed by atoms with van der Waals surface area (Å²) in [7, 11) is 1.11. The lowest BCUT2D eigenvalue weighted by Crippen LogP contribution is -2.37. The maximum atomic E-state index is 12.2. The van der Waals surface area contributed by atoms with Crippen molar-refractivity contribution in [2.24, 2.45) is 5.92 Å². The lowest BCUT2D eigenvalue weighted by molar-refractivity contribution is -0.384. The number of amides is 1. The van der Waals surface area contributed by atoms with Crippen molar-refractivity contribution < 1.29 is 28.8 Å². The van der Waals surface area contributed by atoms with Crippen LogP contribution in [0.15, 0.2) is 18.2 Å². The Morgan fingerprint density at radius 3 is 2.16 bits per heavy atom. The van der Waals surface area contributed by atoms with Crippen LogP contribution in [0.4, 0.5) is 5.69 Å². The number of nitrogens with zero attached hydrogens (tertiary/aromatic N) is 1. The zero-order valence-corrected chi connectivity index (χ0v) is 14.4. The summed E-state index contributed by atoms with van der Waals surface area (Å²) in [6.45, 7) is 5.62. The van der Waals surface area contributed by atoms with Crippen LogP contribution in [0, 0.1) is 16.0 Å². The molecule has 0 saturated heterocycles. The quantitative estimate of drug-likeness (QED) is 0.450. The number of esters is 2. The van der Waals surface area contributed by atoms with Crippen LogP contribution in [0.25, 0.3) is 0 Å². The molecule has 0 heterocycles. The number of nitro groups is 1. The molecule has 1 N–H and O–H groups in total. The number of rotatable bonds is 7. The highest BCUT2D eigenvalue weighted by Crippen LogP contribution is 2.19. The summed E-state index contributed by atoms with van der Waals surface area (Å²) >= 11 is 0. The molecule has 1 aromatic rings. The van der Waals surface area contributed by atoms with Crippen molar-refractivity contribution in [2.75, 3.05) is 13.7 Å². The van der Waals surface area contributed by atoms with E-state index in [2.05, 4.69) is 10.1 Å². The zero-order chi connectivity index (χ0) is 19.1. The standard InChI is InChI=1S/C16H20N2O7/c1-9(2)8-17-14(19)10(3)25-16(21)12-5-11(15(20)24-4)6-13(7-12)18(22)23/h5-7,9-10H,8H2,1-4H3,(H,17,19). The average Bonchev–Trinajstić information content (AvgIpc) is 2.57. The number of carbonyl (C=O) groups is 3. The molecule has 1 atom stereocenters. The smallest absolute Gasteiger partial charge is 0.339 e. The minimum atomic E-state index is -1.09. The van der Waals surface area contributed by atoms with Gasteiger partial charge in [-0.05, 0) is 18.9 Å². The topological polar surface area (TPSA) is 125 Å². The van der Waals surface area contributed by atoms with E-state index in [0.717, 1.165) is 25.3 Å². The second-order valence-corrected chi connectivity index (χ2v) is 5.70. The van der Waals surface area contributed by atoms with Crippen molar-refractivity contribution in [3.8, 4) is 0 Å². The van der Waals surface area contributed by atoms with Gasteiger partial charge in [-0.2, -0.15) is 0 Å². The summed E-state index contributed by atoms with van der Waals surface area (Å²) in [5.41, 5.74) is -0.856. The van der Waals surface area contributed by atoms with E-state index in [-0.39, 0.29) is 17.0 Å². The third-order valence-electron chi connectivity index (χ3n) is 3.12. The zero-order valence-electron chi connectivity index (χ0n) is 14.4. The molecule has 1 rings (SSSR count). The van der Waals surface area contributed by atoms with Gasteiger partial charge in [-0.15, -0.1) is 0 Å². The van der Waals surface area contributed by atoms with Crippen LogP contribution in [0.1, 0.15) is 41.5 Å². The second kappa shape index (κ2) is 8.76. The van der Waals surface area contributed by atoms with E-state index in [1.165, 1.54) is 6.92 Å². The van der Waals surface area contributed by atoms with Crippen molar-refractivity contribution in [3.05, 3.63) is 39.4 Å². The number of methoxy groups -OCH3 is 1. The van der Waals surface area contributed by atoms with E-state index in [4.69, 9.17) is 4.74 Å². The van der Waals surface area contributed by atoms with Crippen LogP contribution in [-0.2, 0) is 14.3 Å². The van der Waals surface area contributed by atoms with Gasteiger partial charge in [0.15, 0.2) is 6.10 Å². The first kappa shape index (κ1) is 20.1. The molecule has 0 radical (unpaired) electrons. The first-order chi connectivity index (χ1) is 11.6. The lowest BCUT2D eigenvalue weighted by Gasteiger charge is -2.14. The molecule has 0 aliphatic carbocycles. The number of hydrogen-bond acceptors (Lipinski definition) is 7. The Balaban J connectivity index is 2.96. The SMILES string of the molecule is COC(=O)c1cc(C(=O)OC(C)C(=O)NCC(C)C)cc([N+](=O)[O-])c1. The number of ether oxygens (including phenoxy) is 2. The molecule has 9 nitrogen and oxygen atoms in total. The van der Waals surface area contributed by atoms with Crippen LogP contribution in [-0.4, -0.2) is 42.5 Å². The normalized spacial score (nSPS) is 11.6. The summed E-state index contributed by atoms with van der Waals surface area (Å²) in [5, 5.41) is 13.6. The summed E-state index contributed by atoms with van der Waals surface area (Å²) in [6.07, 6.45) is -1.09. The van der Waals surface area contributed by atoms with Gasteiger partial charge in [-0.25, -0.2) is 9.59 Å². The summed E-state index contributed by atoms with van der Waals surface area (Å²) < 4.78 is 9.51. The first-order valence-corrected chi connectivity index (χ1v) is 7.52. The Morgan fingerprint density at radius 2 is 1.68 bits per heavy atom. The predicted molar refractivity (Wildman–Crippen MR) is 87.2 cm³/mol. The number of hydrogen-bond donors (Lipinski definition) is 1. The lowest BCUT2D eigenvalue weighted by atomic mass is 10.1. The Labute approximate surface area is 144 Å². The van der Waals surface area contributed by atoms with Gasteiger partial charge in [-0.3, -0.25) is 14.9 Å². The van der Waals surface area contributed by atoms with E-state index in [1.54, 1.807) is 0 Å². The largest absolute Gasteiger partial charge is 0.465 e. The fraction of sp³-hybridized carbons (Fsp3) is 0.438. The molecule has 0 aromatic heterocycles. The molecule has 0 aliphatic heterocycles. The molecule has 0 spiro atoms. The molecule has 1 aromatic carbocycles. The van der Waals surface area contributed by atoms with Crippen LogP contribution in [0.3, 0.4) is 0 Å². The summed E-state index contributed by atoms with van der Waals surface area (Å²) in [5.74, 6) is -2.05. The van der Waals surface area contributed by atoms with Gasteiger partial charge in [0, 0.05) is 18.7 Å². The van der Waals surface area contributed by atoms with Crippen molar-refractivity contribution >= 4 is 23.5 Å². The maximum absolute atomic E-state index is 12.2. The van der Waals surface area contributed by atoms with Gasteiger partial charge in [0.25, 0.3) is 11.6 Å². The van der Waals surface area contributed by atoms with E-state index in [0.29, 0.717) is 6.54 Å². The molecule has 0 fully saturated rings. The molecule has 0 aliphatic rings. The summed E-state index contributed by atoms with van der Waals surface area (Å²) in [4.78, 5) is 45.8. The minimum absolute atomic E-state index is 0.166. The van der Waals surface area contributed by atoms with E-state index < -0.39 is 34.6 Å². The van der Waals surface area contributed by atoms with Crippen molar-refractivity contribution in [3.63, 3.8) is 0 Å². The fourth-order valence-electron chi connectivity index (χ4n) is 1.80. The highest BCUT2D eigenvalue weighted by atomic mass is 16.6. The molecule has 25 heavy (non-hydrogen) atoms. The van der Waals surface area contributed by atoms with Crippen LogP contribution < -0.4 is 5.32 Å². The number of benzene rings is 1. The van der Waals surface area contributed by atoms with Crippen molar-refractivity contribution in [1.82, 2.24) is 5.32 Å². The maximum Gasteiger partial charge on any atom is 0.339 e.